The molecule has 3 heterocycles. The van der Waals surface area contributed by atoms with Crippen LogP contribution in [0.2, 0.25) is 0 Å². The monoisotopic (exact) mass is 329 g/mol. The molecule has 0 radical (unpaired) electrons. The Morgan fingerprint density at radius 2 is 2.04 bits per heavy atom. The third-order valence-corrected chi connectivity index (χ3v) is 3.72. The summed E-state index contributed by atoms with van der Waals surface area (Å²) in [5, 5.41) is 2.74. The van der Waals surface area contributed by atoms with Crippen molar-refractivity contribution >= 4 is 17.5 Å². The largest absolute Gasteiger partial charge is 0.378 e. The molecule has 0 spiro atoms. The first-order valence-electron chi connectivity index (χ1n) is 7.84. The number of nitrogens with zero attached hydrogens (tertiary/aromatic N) is 4. The number of pyridine rings is 1. The summed E-state index contributed by atoms with van der Waals surface area (Å²) in [7, 11) is 0. The maximum absolute atomic E-state index is 12.4. The van der Waals surface area contributed by atoms with Crippen LogP contribution in [-0.2, 0) is 9.53 Å². The van der Waals surface area contributed by atoms with Gasteiger partial charge in [0.05, 0.1) is 25.1 Å². The molecule has 2 aromatic rings. The third kappa shape index (κ3) is 3.60. The Balaban J connectivity index is 1.70. The SMILES string of the molecule is CCC(=O)Nc1ccc(-n2cnc(C(=O)N3CCOCC3)c2)nc1. The number of carbonyl (C=O) groups excluding carboxylic acids is 2. The number of aromatic nitrogens is 3. The minimum absolute atomic E-state index is 0.0643. The number of hydrogen-bond donors (Lipinski definition) is 1. The van der Waals surface area contributed by atoms with Crippen molar-refractivity contribution in [3.05, 3.63) is 36.5 Å². The lowest BCUT2D eigenvalue weighted by Gasteiger charge is -2.25. The predicted molar refractivity (Wildman–Crippen MR) is 87.0 cm³/mol. The fourth-order valence-corrected chi connectivity index (χ4v) is 2.35. The second kappa shape index (κ2) is 7.22. The lowest BCUT2D eigenvalue weighted by molar-refractivity contribution is -0.115. The van der Waals surface area contributed by atoms with Gasteiger partial charge in [0.15, 0.2) is 0 Å². The van der Waals surface area contributed by atoms with Crippen LogP contribution < -0.4 is 5.32 Å². The Bertz CT molecular complexity index is 720. The Kier molecular flexibility index (Phi) is 4.85. The maximum atomic E-state index is 12.4. The third-order valence-electron chi connectivity index (χ3n) is 3.72. The number of imidazole rings is 1. The molecule has 0 atom stereocenters. The van der Waals surface area contributed by atoms with E-state index in [1.807, 2.05) is 0 Å². The van der Waals surface area contributed by atoms with Gasteiger partial charge in [-0.05, 0) is 12.1 Å². The summed E-state index contributed by atoms with van der Waals surface area (Å²) in [4.78, 5) is 33.9. The molecule has 1 N–H and O–H groups in total. The second-order valence-electron chi connectivity index (χ2n) is 5.38. The number of anilines is 1. The highest BCUT2D eigenvalue weighted by atomic mass is 16.5. The van der Waals surface area contributed by atoms with Crippen molar-refractivity contribution < 1.29 is 14.3 Å². The van der Waals surface area contributed by atoms with Crippen molar-refractivity contribution in [3.63, 3.8) is 0 Å². The molecule has 24 heavy (non-hydrogen) atoms. The quantitative estimate of drug-likeness (QED) is 0.907. The lowest BCUT2D eigenvalue weighted by atomic mass is 10.3. The van der Waals surface area contributed by atoms with Gasteiger partial charge in [-0.3, -0.25) is 14.2 Å². The van der Waals surface area contributed by atoms with Gasteiger partial charge in [-0.25, -0.2) is 9.97 Å². The van der Waals surface area contributed by atoms with Gasteiger partial charge in [0.2, 0.25) is 5.91 Å². The van der Waals surface area contributed by atoms with E-state index in [1.165, 1.54) is 0 Å². The number of morpholine rings is 1. The standard InChI is InChI=1S/C16H19N5O3/c1-2-15(22)19-12-3-4-14(17-9-12)21-10-13(18-11-21)16(23)20-5-7-24-8-6-20/h3-4,9-11H,2,5-8H2,1H3,(H,19,22). The number of ether oxygens (including phenoxy) is 1. The van der Waals surface area contributed by atoms with Crippen LogP contribution in [0.4, 0.5) is 5.69 Å². The topological polar surface area (TPSA) is 89.4 Å². The van der Waals surface area contributed by atoms with Crippen molar-refractivity contribution in [2.24, 2.45) is 0 Å². The van der Waals surface area contributed by atoms with E-state index in [0.29, 0.717) is 49.9 Å². The number of rotatable bonds is 4. The molecule has 0 aliphatic carbocycles. The highest BCUT2D eigenvalue weighted by Crippen LogP contribution is 2.12. The van der Waals surface area contributed by atoms with E-state index < -0.39 is 0 Å². The molecule has 2 aromatic heterocycles. The molecule has 8 heteroatoms. The molecule has 0 aromatic carbocycles. The van der Waals surface area contributed by atoms with E-state index in [-0.39, 0.29) is 11.8 Å². The molecule has 8 nitrogen and oxygen atoms in total. The molecule has 0 saturated carbocycles. The minimum Gasteiger partial charge on any atom is -0.378 e. The summed E-state index contributed by atoms with van der Waals surface area (Å²) in [5.74, 6) is 0.451. The number of amides is 2. The van der Waals surface area contributed by atoms with Gasteiger partial charge in [-0.2, -0.15) is 0 Å². The van der Waals surface area contributed by atoms with E-state index in [2.05, 4.69) is 15.3 Å². The Labute approximate surface area is 139 Å². The Hall–Kier alpha value is -2.74. The minimum atomic E-state index is -0.108. The molecule has 126 valence electrons. The summed E-state index contributed by atoms with van der Waals surface area (Å²) >= 11 is 0. The van der Waals surface area contributed by atoms with E-state index in [0.717, 1.165) is 0 Å². The predicted octanol–water partition coefficient (Wildman–Crippen LogP) is 1.09. The molecule has 3 rings (SSSR count). The molecule has 1 saturated heterocycles. The van der Waals surface area contributed by atoms with E-state index >= 15 is 0 Å². The van der Waals surface area contributed by atoms with Gasteiger partial charge in [-0.15, -0.1) is 0 Å². The van der Waals surface area contributed by atoms with Gasteiger partial charge in [0.25, 0.3) is 5.91 Å². The van der Waals surface area contributed by atoms with E-state index in [9.17, 15) is 9.59 Å². The molecular formula is C16H19N5O3. The molecule has 1 fully saturated rings. The molecule has 0 bridgehead atoms. The first-order chi connectivity index (χ1) is 11.7. The van der Waals surface area contributed by atoms with Crippen LogP contribution in [-0.4, -0.2) is 57.6 Å². The van der Waals surface area contributed by atoms with Crippen molar-refractivity contribution in [2.45, 2.75) is 13.3 Å². The highest BCUT2D eigenvalue weighted by molar-refractivity contribution is 5.92. The van der Waals surface area contributed by atoms with Crippen molar-refractivity contribution in [1.29, 1.82) is 0 Å². The van der Waals surface area contributed by atoms with Gasteiger partial charge < -0.3 is 15.0 Å². The Morgan fingerprint density at radius 3 is 2.71 bits per heavy atom. The lowest BCUT2D eigenvalue weighted by Crippen LogP contribution is -2.40. The summed E-state index contributed by atoms with van der Waals surface area (Å²) in [6.45, 7) is 4.05. The second-order valence-corrected chi connectivity index (χ2v) is 5.38. The summed E-state index contributed by atoms with van der Waals surface area (Å²) in [6, 6.07) is 3.52. The van der Waals surface area contributed by atoms with Gasteiger partial charge in [0, 0.05) is 25.7 Å². The van der Waals surface area contributed by atoms with Crippen LogP contribution in [0, 0.1) is 0 Å². The van der Waals surface area contributed by atoms with Gasteiger partial charge >= 0.3 is 0 Å². The maximum Gasteiger partial charge on any atom is 0.274 e. The summed E-state index contributed by atoms with van der Waals surface area (Å²) in [5.41, 5.74) is 1.01. The number of nitrogens with one attached hydrogen (secondary N) is 1. The van der Waals surface area contributed by atoms with Crippen LogP contribution in [0.5, 0.6) is 0 Å². The first-order valence-corrected chi connectivity index (χ1v) is 7.84. The molecule has 1 aliphatic rings. The Morgan fingerprint density at radius 1 is 1.25 bits per heavy atom. The fourth-order valence-electron chi connectivity index (χ4n) is 2.35. The van der Waals surface area contributed by atoms with Crippen LogP contribution in [0.25, 0.3) is 5.82 Å². The number of hydrogen-bond acceptors (Lipinski definition) is 5. The first kappa shape index (κ1) is 16.1. The normalized spacial score (nSPS) is 14.5. The average molecular weight is 329 g/mol. The zero-order chi connectivity index (χ0) is 16.9. The van der Waals surface area contributed by atoms with Crippen molar-refractivity contribution in [2.75, 3.05) is 31.6 Å². The van der Waals surface area contributed by atoms with E-state index in [4.69, 9.17) is 4.74 Å². The van der Waals surface area contributed by atoms with Crippen LogP contribution in [0.3, 0.4) is 0 Å². The zero-order valence-electron chi connectivity index (χ0n) is 13.4. The van der Waals surface area contributed by atoms with E-state index in [1.54, 1.807) is 47.2 Å². The van der Waals surface area contributed by atoms with Crippen LogP contribution in [0.1, 0.15) is 23.8 Å². The average Bonchev–Trinajstić information content (AvgIpc) is 3.12. The molecular weight excluding hydrogens is 310 g/mol. The smallest absolute Gasteiger partial charge is 0.274 e. The van der Waals surface area contributed by atoms with Crippen molar-refractivity contribution in [1.82, 2.24) is 19.4 Å². The van der Waals surface area contributed by atoms with Gasteiger partial charge in [0.1, 0.15) is 17.8 Å². The van der Waals surface area contributed by atoms with Gasteiger partial charge in [-0.1, -0.05) is 6.92 Å². The fraction of sp³-hybridized carbons (Fsp3) is 0.375. The summed E-state index contributed by atoms with van der Waals surface area (Å²) < 4.78 is 6.93. The molecule has 0 unspecified atom stereocenters. The van der Waals surface area contributed by atoms with Crippen LogP contribution in [0.15, 0.2) is 30.9 Å². The zero-order valence-corrected chi connectivity index (χ0v) is 13.4. The number of carbonyl (C=O) groups is 2. The van der Waals surface area contributed by atoms with Crippen LogP contribution >= 0.6 is 0 Å². The highest BCUT2D eigenvalue weighted by Gasteiger charge is 2.20. The summed E-state index contributed by atoms with van der Waals surface area (Å²) in [6.07, 6.45) is 5.20. The molecule has 2 amide bonds. The molecule has 1 aliphatic heterocycles. The van der Waals surface area contributed by atoms with Crippen molar-refractivity contribution in [3.8, 4) is 5.82 Å².